The second-order valence-corrected chi connectivity index (χ2v) is 3.71. The zero-order valence-electron chi connectivity index (χ0n) is 8.53. The molecule has 2 aromatic rings. The van der Waals surface area contributed by atoms with Gasteiger partial charge >= 0.3 is 0 Å². The van der Waals surface area contributed by atoms with Gasteiger partial charge in [-0.1, -0.05) is 11.6 Å². The molecule has 4 nitrogen and oxygen atoms in total. The fourth-order valence-electron chi connectivity index (χ4n) is 1.39. The molecule has 2 heterocycles. The minimum absolute atomic E-state index is 0.558. The quantitative estimate of drug-likeness (QED) is 0.804. The number of aromatic nitrogens is 3. The highest BCUT2D eigenvalue weighted by atomic mass is 35.5. The summed E-state index contributed by atoms with van der Waals surface area (Å²) >= 11 is 6.03. The standard InChI is InChI=1S/C10H11ClN4/c1-6-9(12)7(2)15(14-6)10-8(11)4-3-5-13-10/h3-5H,12H2,1-2H3. The summed E-state index contributed by atoms with van der Waals surface area (Å²) in [7, 11) is 0. The smallest absolute Gasteiger partial charge is 0.172 e. The van der Waals surface area contributed by atoms with Crippen molar-refractivity contribution in [3.63, 3.8) is 0 Å². The Morgan fingerprint density at radius 1 is 1.40 bits per heavy atom. The average molecular weight is 223 g/mol. The van der Waals surface area contributed by atoms with Crippen molar-refractivity contribution in [3.05, 3.63) is 34.7 Å². The molecule has 2 N–H and O–H groups in total. The number of nitrogens with two attached hydrogens (primary N) is 1. The second-order valence-electron chi connectivity index (χ2n) is 3.31. The predicted octanol–water partition coefficient (Wildman–Crippen LogP) is 2.12. The van der Waals surface area contributed by atoms with E-state index in [1.807, 2.05) is 13.8 Å². The van der Waals surface area contributed by atoms with Gasteiger partial charge in [-0.2, -0.15) is 5.10 Å². The van der Waals surface area contributed by atoms with Crippen molar-refractivity contribution in [1.82, 2.24) is 14.8 Å². The van der Waals surface area contributed by atoms with Gasteiger partial charge in [-0.15, -0.1) is 0 Å². The third-order valence-corrected chi connectivity index (χ3v) is 2.58. The molecule has 0 saturated carbocycles. The van der Waals surface area contributed by atoms with Crippen molar-refractivity contribution >= 4 is 17.3 Å². The Kier molecular flexibility index (Phi) is 2.36. The monoisotopic (exact) mass is 222 g/mol. The first-order valence-electron chi connectivity index (χ1n) is 4.54. The molecule has 0 fully saturated rings. The van der Waals surface area contributed by atoms with E-state index in [9.17, 15) is 0 Å². The van der Waals surface area contributed by atoms with Crippen LogP contribution < -0.4 is 5.73 Å². The minimum atomic E-state index is 0.558. The molecule has 78 valence electrons. The fourth-order valence-corrected chi connectivity index (χ4v) is 1.60. The molecule has 2 rings (SSSR count). The van der Waals surface area contributed by atoms with Gasteiger partial charge in [0.1, 0.15) is 0 Å². The highest BCUT2D eigenvalue weighted by molar-refractivity contribution is 6.32. The normalized spacial score (nSPS) is 10.6. The van der Waals surface area contributed by atoms with Crippen molar-refractivity contribution < 1.29 is 0 Å². The lowest BCUT2D eigenvalue weighted by molar-refractivity contribution is 0.806. The molecular formula is C10H11ClN4. The summed E-state index contributed by atoms with van der Waals surface area (Å²) in [6, 6.07) is 3.55. The third-order valence-electron chi connectivity index (χ3n) is 2.29. The van der Waals surface area contributed by atoms with Crippen LogP contribution in [0.25, 0.3) is 5.82 Å². The van der Waals surface area contributed by atoms with Crippen LogP contribution in [0.1, 0.15) is 11.4 Å². The van der Waals surface area contributed by atoms with Gasteiger partial charge in [0.05, 0.1) is 22.1 Å². The number of hydrogen-bond acceptors (Lipinski definition) is 3. The van der Waals surface area contributed by atoms with E-state index < -0.39 is 0 Å². The highest BCUT2D eigenvalue weighted by Gasteiger charge is 2.12. The van der Waals surface area contributed by atoms with E-state index in [0.717, 1.165) is 11.4 Å². The van der Waals surface area contributed by atoms with Crippen molar-refractivity contribution in [1.29, 1.82) is 0 Å². The van der Waals surface area contributed by atoms with Crippen LogP contribution in [0.3, 0.4) is 0 Å². The highest BCUT2D eigenvalue weighted by Crippen LogP contribution is 2.22. The maximum atomic E-state index is 6.03. The van der Waals surface area contributed by atoms with Crippen molar-refractivity contribution in [2.45, 2.75) is 13.8 Å². The molecule has 2 aromatic heterocycles. The van der Waals surface area contributed by atoms with Gasteiger partial charge in [-0.3, -0.25) is 0 Å². The summed E-state index contributed by atoms with van der Waals surface area (Å²) in [4.78, 5) is 4.18. The van der Waals surface area contributed by atoms with Crippen LogP contribution in [0.15, 0.2) is 18.3 Å². The molecule has 0 aliphatic heterocycles. The molecule has 5 heteroatoms. The predicted molar refractivity (Wildman–Crippen MR) is 60.3 cm³/mol. The van der Waals surface area contributed by atoms with Crippen LogP contribution in [0.2, 0.25) is 5.02 Å². The first-order chi connectivity index (χ1) is 7.11. The lowest BCUT2D eigenvalue weighted by Crippen LogP contribution is -2.02. The summed E-state index contributed by atoms with van der Waals surface area (Å²) in [6.45, 7) is 3.75. The largest absolute Gasteiger partial charge is 0.396 e. The van der Waals surface area contributed by atoms with Crippen molar-refractivity contribution in [2.75, 3.05) is 5.73 Å². The maximum absolute atomic E-state index is 6.03. The fraction of sp³-hybridized carbons (Fsp3) is 0.200. The van der Waals surface area contributed by atoms with Gasteiger partial charge < -0.3 is 5.73 Å². The molecule has 0 aliphatic rings. The molecule has 0 aliphatic carbocycles. The summed E-state index contributed by atoms with van der Waals surface area (Å²) in [5.74, 6) is 0.608. The molecule has 0 amide bonds. The number of nitrogens with zero attached hydrogens (tertiary/aromatic N) is 3. The first-order valence-corrected chi connectivity index (χ1v) is 4.91. The van der Waals surface area contributed by atoms with E-state index in [-0.39, 0.29) is 0 Å². The lowest BCUT2D eigenvalue weighted by atomic mass is 10.3. The van der Waals surface area contributed by atoms with E-state index >= 15 is 0 Å². The Morgan fingerprint density at radius 2 is 2.13 bits per heavy atom. The summed E-state index contributed by atoms with van der Waals surface area (Å²) in [6.07, 6.45) is 1.67. The Bertz CT molecular complexity index is 504. The SMILES string of the molecule is Cc1nn(-c2ncccc2Cl)c(C)c1N. The molecule has 0 atom stereocenters. The summed E-state index contributed by atoms with van der Waals surface area (Å²) < 4.78 is 1.66. The Morgan fingerprint density at radius 3 is 2.67 bits per heavy atom. The summed E-state index contributed by atoms with van der Waals surface area (Å²) in [5.41, 5.74) is 8.15. The van der Waals surface area contributed by atoms with Crippen LogP contribution >= 0.6 is 11.6 Å². The number of halogens is 1. The lowest BCUT2D eigenvalue weighted by Gasteiger charge is -2.04. The Balaban J connectivity index is 2.65. The molecule has 0 spiro atoms. The minimum Gasteiger partial charge on any atom is -0.396 e. The van der Waals surface area contributed by atoms with Crippen LogP contribution in [0.5, 0.6) is 0 Å². The van der Waals surface area contributed by atoms with Gasteiger partial charge in [0.15, 0.2) is 5.82 Å². The van der Waals surface area contributed by atoms with E-state index in [1.165, 1.54) is 0 Å². The van der Waals surface area contributed by atoms with Gasteiger partial charge in [-0.25, -0.2) is 9.67 Å². The Hall–Kier alpha value is -1.55. The van der Waals surface area contributed by atoms with Crippen LogP contribution in [0.4, 0.5) is 5.69 Å². The molecule has 0 saturated heterocycles. The number of nitrogen functional groups attached to an aromatic ring is 1. The van der Waals surface area contributed by atoms with Gasteiger partial charge in [-0.05, 0) is 26.0 Å². The second kappa shape index (κ2) is 3.55. The molecule has 0 aromatic carbocycles. The van der Waals surface area contributed by atoms with Crippen molar-refractivity contribution in [2.24, 2.45) is 0 Å². The van der Waals surface area contributed by atoms with Crippen LogP contribution in [0, 0.1) is 13.8 Å². The zero-order valence-corrected chi connectivity index (χ0v) is 9.28. The molecule has 0 unspecified atom stereocenters. The number of anilines is 1. The van der Waals surface area contributed by atoms with E-state index in [2.05, 4.69) is 10.1 Å². The number of rotatable bonds is 1. The molecular weight excluding hydrogens is 212 g/mol. The number of hydrogen-bond donors (Lipinski definition) is 1. The van der Waals surface area contributed by atoms with Gasteiger partial charge in [0.2, 0.25) is 0 Å². The number of pyridine rings is 1. The third kappa shape index (κ3) is 1.57. The molecule has 0 radical (unpaired) electrons. The topological polar surface area (TPSA) is 56.7 Å². The zero-order chi connectivity index (χ0) is 11.0. The van der Waals surface area contributed by atoms with Crippen molar-refractivity contribution in [3.8, 4) is 5.82 Å². The van der Waals surface area contributed by atoms with Crippen LogP contribution in [-0.2, 0) is 0 Å². The Labute approximate surface area is 92.7 Å². The molecule has 0 bridgehead atoms. The molecule has 15 heavy (non-hydrogen) atoms. The van der Waals surface area contributed by atoms with E-state index in [4.69, 9.17) is 17.3 Å². The van der Waals surface area contributed by atoms with Gasteiger partial charge in [0.25, 0.3) is 0 Å². The maximum Gasteiger partial charge on any atom is 0.172 e. The average Bonchev–Trinajstić information content (AvgIpc) is 2.47. The van der Waals surface area contributed by atoms with E-state index in [1.54, 1.807) is 23.0 Å². The number of aryl methyl sites for hydroxylation is 1. The van der Waals surface area contributed by atoms with E-state index in [0.29, 0.717) is 16.5 Å². The van der Waals surface area contributed by atoms with Crippen LogP contribution in [-0.4, -0.2) is 14.8 Å². The first kappa shape index (κ1) is 9.98. The summed E-state index contributed by atoms with van der Waals surface area (Å²) in [5, 5.41) is 4.84. The van der Waals surface area contributed by atoms with Gasteiger partial charge in [0, 0.05) is 6.20 Å².